The van der Waals surface area contributed by atoms with E-state index in [2.05, 4.69) is 18.1 Å². The largest absolute Gasteiger partial charge is 0.527 e. The third-order valence-corrected chi connectivity index (χ3v) is 4.73. The maximum absolute atomic E-state index is 12.0. The molecule has 0 aromatic rings. The molecule has 0 saturated heterocycles. The summed E-state index contributed by atoms with van der Waals surface area (Å²) in [5.41, 5.74) is 0. The fourth-order valence-corrected chi connectivity index (χ4v) is 3.86. The van der Waals surface area contributed by atoms with Crippen molar-refractivity contribution in [1.82, 2.24) is 0 Å². The number of carbonyl (C=O) groups is 1. The van der Waals surface area contributed by atoms with Gasteiger partial charge in [-0.15, -0.1) is 0 Å². The molecule has 0 saturated carbocycles. The first-order valence-corrected chi connectivity index (χ1v) is 12.9. The molecule has 22 nitrogen and oxygen atoms in total. The normalized spacial score (nSPS) is 20.5. The van der Waals surface area contributed by atoms with Crippen LogP contribution in [0.25, 0.3) is 0 Å². The minimum absolute atomic E-state index is 2.07. The molecular weight excluding hydrogens is 548 g/mol. The predicted molar refractivity (Wildman–Crippen MR) is 85.5 cm³/mol. The highest BCUT2D eigenvalue weighted by molar-refractivity contribution is 7.47. The Labute approximate surface area is 174 Å². The lowest BCUT2D eigenvalue weighted by Crippen LogP contribution is -2.76. The topological polar surface area (TPSA) is 385 Å². The van der Waals surface area contributed by atoms with Gasteiger partial charge in [-0.1, -0.05) is 0 Å². The lowest BCUT2D eigenvalue weighted by atomic mass is 9.92. The molecule has 0 aromatic heterocycles. The molecule has 0 bridgehead atoms. The van der Waals surface area contributed by atoms with Gasteiger partial charge in [-0.3, -0.25) is 9.79 Å². The molecule has 0 fully saturated rings. The Morgan fingerprint density at radius 2 is 1.09 bits per heavy atom. The Hall–Kier alpha value is -0.250. The lowest BCUT2D eigenvalue weighted by molar-refractivity contribution is -0.439. The van der Waals surface area contributed by atoms with E-state index >= 15 is 0 Å². The van der Waals surface area contributed by atoms with Crippen LogP contribution in [0.3, 0.4) is 0 Å². The highest BCUT2D eigenvalue weighted by Gasteiger charge is 2.78. The Balaban J connectivity index is 7.48. The molecule has 0 spiro atoms. The third kappa shape index (κ3) is 8.20. The maximum atomic E-state index is 12.0. The van der Waals surface area contributed by atoms with Crippen molar-refractivity contribution in [1.29, 1.82) is 0 Å². The number of hydrogen-bond acceptors (Lipinski definition) is 14. The monoisotopic (exact) mass is 564 g/mol. The third-order valence-electron chi connectivity index (χ3n) is 2.81. The van der Waals surface area contributed by atoms with Gasteiger partial charge >= 0.3 is 48.8 Å². The summed E-state index contributed by atoms with van der Waals surface area (Å²) in [4.78, 5) is 82.4. The zero-order chi connectivity index (χ0) is 26.2. The van der Waals surface area contributed by atoms with Crippen LogP contribution in [0.5, 0.6) is 0 Å². The average molecular weight is 564 g/mol. The lowest BCUT2D eigenvalue weighted by Gasteiger charge is -2.48. The van der Waals surface area contributed by atoms with Gasteiger partial charge in [-0.05, 0) is 0 Å². The van der Waals surface area contributed by atoms with Crippen LogP contribution in [0.1, 0.15) is 0 Å². The minimum atomic E-state index is -6.58. The van der Waals surface area contributed by atoms with Crippen LogP contribution in [0.4, 0.5) is 0 Å². The molecular formula is C6H16O22P4. The van der Waals surface area contributed by atoms with Crippen LogP contribution in [-0.2, 0) is 41.1 Å². The van der Waals surface area contributed by atoms with Crippen molar-refractivity contribution >= 4 is 37.3 Å². The van der Waals surface area contributed by atoms with Crippen LogP contribution in [0.15, 0.2) is 0 Å². The summed E-state index contributed by atoms with van der Waals surface area (Å²) in [6, 6.07) is 0. The Bertz CT molecular complexity index is 875. The second kappa shape index (κ2) is 9.78. The van der Waals surface area contributed by atoms with Gasteiger partial charge in [0.05, 0.1) is 6.61 Å². The molecule has 0 amide bonds. The van der Waals surface area contributed by atoms with E-state index in [1.54, 1.807) is 0 Å². The van der Waals surface area contributed by atoms with Crippen molar-refractivity contribution in [2.45, 2.75) is 23.5 Å². The zero-order valence-electron chi connectivity index (χ0n) is 14.6. The van der Waals surface area contributed by atoms with E-state index in [4.69, 9.17) is 44.3 Å². The SMILES string of the molecule is O=C(OP(=O)(O)O)[C@@](O)(OP(=O)(O)O)[C@](O)(OP(=O)(O)O)[C@@](O)(OP(=O)(O)O)[C@H](O)CO. The maximum Gasteiger partial charge on any atom is 0.527 e. The van der Waals surface area contributed by atoms with E-state index in [0.717, 1.165) is 0 Å². The second-order valence-corrected chi connectivity index (χ2v) is 9.95. The number of aliphatic hydroxyl groups excluding tert-OH is 2. The molecule has 13 N–H and O–H groups in total. The van der Waals surface area contributed by atoms with E-state index < -0.39 is 67.3 Å². The molecule has 0 aliphatic heterocycles. The average Bonchev–Trinajstić information content (AvgIpc) is 2.46. The van der Waals surface area contributed by atoms with Crippen molar-refractivity contribution in [3.63, 3.8) is 0 Å². The van der Waals surface area contributed by atoms with Crippen LogP contribution in [0.2, 0.25) is 0 Å². The molecule has 32 heavy (non-hydrogen) atoms. The Morgan fingerprint density at radius 1 is 0.719 bits per heavy atom. The van der Waals surface area contributed by atoms with Gasteiger partial charge in [-0.2, -0.15) is 0 Å². The summed E-state index contributed by atoms with van der Waals surface area (Å²) in [6.07, 6.45) is -3.53. The summed E-state index contributed by atoms with van der Waals surface area (Å²) in [5, 5.41) is 49.4. The standard InChI is InChI=1S/C6H16O22P4/c7-1-2(8)4(10,26-30(16,17)18)6(12,28-32(22,23)24)5(11,27-31(19,20)21)3(9)25-29(13,14)15/h2,7-8,10-12H,1H2,(H2,13,14,15)(H2,16,17,18)(H2,19,20,21)(H2,22,23,24)/t2-,4+,5-,6-/m1/s1. The van der Waals surface area contributed by atoms with E-state index in [-0.39, 0.29) is 0 Å². The first-order chi connectivity index (χ1) is 13.7. The summed E-state index contributed by atoms with van der Waals surface area (Å²) in [7, 11) is -25.7. The highest BCUT2D eigenvalue weighted by atomic mass is 31.2. The van der Waals surface area contributed by atoms with Crippen LogP contribution < -0.4 is 0 Å². The van der Waals surface area contributed by atoms with Crippen LogP contribution in [-0.4, -0.2) is 101 Å². The van der Waals surface area contributed by atoms with Gasteiger partial charge in [0.2, 0.25) is 0 Å². The van der Waals surface area contributed by atoms with Crippen molar-refractivity contribution in [2.24, 2.45) is 0 Å². The number of phosphoric ester groups is 4. The zero-order valence-corrected chi connectivity index (χ0v) is 18.1. The first kappa shape index (κ1) is 31.8. The van der Waals surface area contributed by atoms with Crippen molar-refractivity contribution in [3.8, 4) is 0 Å². The molecule has 0 aliphatic rings. The van der Waals surface area contributed by atoms with E-state index in [1.165, 1.54) is 0 Å². The second-order valence-electron chi connectivity index (χ2n) is 5.30. The number of phosphoric acid groups is 4. The van der Waals surface area contributed by atoms with Crippen molar-refractivity contribution in [3.05, 3.63) is 0 Å². The highest BCUT2D eigenvalue weighted by Crippen LogP contribution is 2.58. The Morgan fingerprint density at radius 3 is 1.38 bits per heavy atom. The summed E-state index contributed by atoms with van der Waals surface area (Å²) >= 11 is 0. The van der Waals surface area contributed by atoms with E-state index in [9.17, 15) is 43.5 Å². The fraction of sp³-hybridized carbons (Fsp3) is 0.833. The number of rotatable bonds is 12. The molecule has 0 aromatic carbocycles. The molecule has 0 unspecified atom stereocenters. The molecule has 0 radical (unpaired) electrons. The summed E-state index contributed by atoms with van der Waals surface area (Å²) < 4.78 is 57.6. The first-order valence-electron chi connectivity index (χ1n) is 6.77. The van der Waals surface area contributed by atoms with Gasteiger partial charge in [-0.25, -0.2) is 36.6 Å². The van der Waals surface area contributed by atoms with Gasteiger partial charge < -0.3 is 59.4 Å². The number of aliphatic hydroxyl groups is 5. The van der Waals surface area contributed by atoms with Crippen LogP contribution >= 0.6 is 31.3 Å². The fourth-order valence-electron chi connectivity index (χ4n) is 1.78. The molecule has 192 valence electrons. The van der Waals surface area contributed by atoms with Crippen molar-refractivity contribution in [2.75, 3.05) is 6.61 Å². The molecule has 26 heteroatoms. The predicted octanol–water partition coefficient (Wildman–Crippen LogP) is -5.63. The van der Waals surface area contributed by atoms with E-state index in [0.29, 0.717) is 0 Å². The number of hydrogen-bond donors (Lipinski definition) is 13. The molecule has 0 rings (SSSR count). The minimum Gasteiger partial charge on any atom is -0.393 e. The quantitative estimate of drug-likeness (QED) is 0.0775. The van der Waals surface area contributed by atoms with Gasteiger partial charge in [0, 0.05) is 0 Å². The van der Waals surface area contributed by atoms with Gasteiger partial charge in [0.1, 0.15) is 6.10 Å². The molecule has 0 aliphatic carbocycles. The van der Waals surface area contributed by atoms with Crippen LogP contribution in [0, 0.1) is 0 Å². The van der Waals surface area contributed by atoms with Gasteiger partial charge in [0.25, 0.3) is 5.79 Å². The van der Waals surface area contributed by atoms with Gasteiger partial charge in [0.15, 0.2) is 0 Å². The smallest absolute Gasteiger partial charge is 0.393 e. The number of carbonyl (C=O) groups excluding carboxylic acids is 1. The summed E-state index contributed by atoms with van der Waals surface area (Å²) in [6.45, 7) is -2.07. The van der Waals surface area contributed by atoms with E-state index in [1.807, 2.05) is 0 Å². The summed E-state index contributed by atoms with van der Waals surface area (Å²) in [5.74, 6) is -19.6. The van der Waals surface area contributed by atoms with Crippen molar-refractivity contribution < 1.29 is 106 Å². The molecule has 4 atom stereocenters. The molecule has 0 heterocycles. The Kier molecular flexibility index (Phi) is 9.70.